The molecule has 0 aromatic heterocycles. The number of nitrogens with zero attached hydrogens (tertiary/aromatic N) is 1. The summed E-state index contributed by atoms with van der Waals surface area (Å²) in [5, 5.41) is 2.87. The van der Waals surface area contributed by atoms with Gasteiger partial charge in [0.15, 0.2) is 0 Å². The van der Waals surface area contributed by atoms with Crippen LogP contribution in [0.25, 0.3) is 0 Å². The molecular formula is C15H23N3O2. The van der Waals surface area contributed by atoms with E-state index in [-0.39, 0.29) is 18.1 Å². The Balaban J connectivity index is 1.94. The maximum atomic E-state index is 12.1. The molecule has 1 fully saturated rings. The molecule has 1 aliphatic rings. The minimum Gasteiger partial charge on any atom is -0.397 e. The van der Waals surface area contributed by atoms with E-state index in [0.29, 0.717) is 24.5 Å². The highest BCUT2D eigenvalue weighted by molar-refractivity contribution is 5.95. The van der Waals surface area contributed by atoms with Crippen molar-refractivity contribution in [3.8, 4) is 0 Å². The summed E-state index contributed by atoms with van der Waals surface area (Å²) in [7, 11) is 0. The molecule has 110 valence electrons. The van der Waals surface area contributed by atoms with E-state index in [1.165, 1.54) is 0 Å². The minimum absolute atomic E-state index is 0.0403. The Morgan fingerprint density at radius 1 is 1.50 bits per heavy atom. The van der Waals surface area contributed by atoms with Crippen LogP contribution in [0.2, 0.25) is 0 Å². The number of aryl methyl sites for hydroxylation is 1. The van der Waals surface area contributed by atoms with Crippen LogP contribution in [0.5, 0.6) is 0 Å². The molecule has 0 aliphatic carbocycles. The number of benzene rings is 1. The Kier molecular flexibility index (Phi) is 4.62. The van der Waals surface area contributed by atoms with Crippen molar-refractivity contribution in [2.45, 2.75) is 32.9 Å². The average Bonchev–Trinajstić information content (AvgIpc) is 2.37. The second kappa shape index (κ2) is 6.24. The third kappa shape index (κ3) is 3.71. The van der Waals surface area contributed by atoms with Crippen LogP contribution in [0.3, 0.4) is 0 Å². The van der Waals surface area contributed by atoms with Crippen LogP contribution in [-0.2, 0) is 9.53 Å². The first kappa shape index (κ1) is 14.8. The van der Waals surface area contributed by atoms with Gasteiger partial charge in [-0.3, -0.25) is 9.69 Å². The molecule has 0 radical (unpaired) electrons. The molecule has 20 heavy (non-hydrogen) atoms. The Bertz CT molecular complexity index is 490. The number of anilines is 2. The van der Waals surface area contributed by atoms with Crippen molar-refractivity contribution < 1.29 is 9.53 Å². The average molecular weight is 277 g/mol. The van der Waals surface area contributed by atoms with Gasteiger partial charge in [-0.1, -0.05) is 6.07 Å². The maximum Gasteiger partial charge on any atom is 0.238 e. The van der Waals surface area contributed by atoms with Gasteiger partial charge < -0.3 is 15.8 Å². The summed E-state index contributed by atoms with van der Waals surface area (Å²) in [5.41, 5.74) is 8.26. The van der Waals surface area contributed by atoms with E-state index >= 15 is 0 Å². The van der Waals surface area contributed by atoms with Crippen LogP contribution in [-0.4, -0.2) is 42.6 Å². The molecule has 0 bridgehead atoms. The van der Waals surface area contributed by atoms with Crippen molar-refractivity contribution in [3.05, 3.63) is 23.8 Å². The fraction of sp³-hybridized carbons (Fsp3) is 0.533. The van der Waals surface area contributed by atoms with Crippen molar-refractivity contribution in [1.82, 2.24) is 4.90 Å². The lowest BCUT2D eigenvalue weighted by atomic mass is 10.2. The van der Waals surface area contributed by atoms with Gasteiger partial charge in [0.2, 0.25) is 5.91 Å². The Hall–Kier alpha value is -1.59. The number of morpholine rings is 1. The van der Waals surface area contributed by atoms with Crippen LogP contribution in [0.4, 0.5) is 11.4 Å². The molecule has 5 nitrogen and oxygen atoms in total. The molecule has 0 saturated carbocycles. The number of rotatable bonds is 3. The van der Waals surface area contributed by atoms with Gasteiger partial charge in [0, 0.05) is 12.6 Å². The summed E-state index contributed by atoms with van der Waals surface area (Å²) in [6, 6.07) is 5.89. The number of nitrogens with one attached hydrogen (secondary N) is 1. The second-order valence-corrected chi connectivity index (χ2v) is 5.56. The van der Waals surface area contributed by atoms with E-state index in [2.05, 4.69) is 17.1 Å². The summed E-state index contributed by atoms with van der Waals surface area (Å²) < 4.78 is 5.56. The van der Waals surface area contributed by atoms with Gasteiger partial charge in [-0.05, 0) is 38.5 Å². The highest BCUT2D eigenvalue weighted by Crippen LogP contribution is 2.19. The lowest BCUT2D eigenvalue weighted by Crippen LogP contribution is -2.50. The van der Waals surface area contributed by atoms with Gasteiger partial charge in [-0.25, -0.2) is 0 Å². The molecule has 3 N–H and O–H groups in total. The SMILES string of the molecule is Cc1ccc(NC(=O)CN2CC(C)OCC2C)c(N)c1. The molecule has 2 rings (SSSR count). The van der Waals surface area contributed by atoms with E-state index in [1.807, 2.05) is 32.0 Å². The molecule has 1 saturated heterocycles. The van der Waals surface area contributed by atoms with E-state index in [9.17, 15) is 4.79 Å². The van der Waals surface area contributed by atoms with Crippen LogP contribution in [0.15, 0.2) is 18.2 Å². The van der Waals surface area contributed by atoms with E-state index < -0.39 is 0 Å². The zero-order valence-electron chi connectivity index (χ0n) is 12.3. The monoisotopic (exact) mass is 277 g/mol. The lowest BCUT2D eigenvalue weighted by Gasteiger charge is -2.36. The van der Waals surface area contributed by atoms with Gasteiger partial charge in [0.1, 0.15) is 0 Å². The van der Waals surface area contributed by atoms with Crippen molar-refractivity contribution in [3.63, 3.8) is 0 Å². The van der Waals surface area contributed by atoms with Crippen molar-refractivity contribution in [2.24, 2.45) is 0 Å². The molecule has 1 aliphatic heterocycles. The quantitative estimate of drug-likeness (QED) is 0.824. The first-order valence-corrected chi connectivity index (χ1v) is 6.97. The number of carbonyl (C=O) groups excluding carboxylic acids is 1. The number of ether oxygens (including phenoxy) is 1. The number of hydrogen-bond acceptors (Lipinski definition) is 4. The molecule has 0 spiro atoms. The summed E-state index contributed by atoms with van der Waals surface area (Å²) in [6.07, 6.45) is 0.170. The Morgan fingerprint density at radius 2 is 2.25 bits per heavy atom. The molecule has 1 heterocycles. The van der Waals surface area contributed by atoms with Gasteiger partial charge in [0.25, 0.3) is 0 Å². The topological polar surface area (TPSA) is 67.6 Å². The first-order valence-electron chi connectivity index (χ1n) is 6.97. The number of amides is 1. The summed E-state index contributed by atoms with van der Waals surface area (Å²) in [4.78, 5) is 14.3. The Labute approximate surface area is 120 Å². The van der Waals surface area contributed by atoms with Gasteiger partial charge >= 0.3 is 0 Å². The van der Waals surface area contributed by atoms with Crippen molar-refractivity contribution in [2.75, 3.05) is 30.7 Å². The third-order valence-electron chi connectivity index (χ3n) is 3.56. The Morgan fingerprint density at radius 3 is 2.95 bits per heavy atom. The molecule has 5 heteroatoms. The zero-order valence-corrected chi connectivity index (χ0v) is 12.3. The smallest absolute Gasteiger partial charge is 0.238 e. The van der Waals surface area contributed by atoms with E-state index in [0.717, 1.165) is 12.1 Å². The maximum absolute atomic E-state index is 12.1. The predicted octanol–water partition coefficient (Wildman–Crippen LogP) is 1.62. The summed E-state index contributed by atoms with van der Waals surface area (Å²) >= 11 is 0. The van der Waals surface area contributed by atoms with E-state index in [4.69, 9.17) is 10.5 Å². The fourth-order valence-electron chi connectivity index (χ4n) is 2.36. The van der Waals surface area contributed by atoms with Gasteiger partial charge in [-0.2, -0.15) is 0 Å². The first-order chi connectivity index (χ1) is 9.45. The zero-order chi connectivity index (χ0) is 14.7. The third-order valence-corrected chi connectivity index (χ3v) is 3.56. The number of carbonyl (C=O) groups is 1. The highest BCUT2D eigenvalue weighted by atomic mass is 16.5. The van der Waals surface area contributed by atoms with Crippen molar-refractivity contribution >= 4 is 17.3 Å². The summed E-state index contributed by atoms with van der Waals surface area (Å²) in [5.74, 6) is -0.0403. The molecule has 1 aromatic rings. The van der Waals surface area contributed by atoms with Crippen LogP contribution < -0.4 is 11.1 Å². The number of nitrogen functional groups attached to an aromatic ring is 1. The normalized spacial score (nSPS) is 23.6. The fourth-order valence-corrected chi connectivity index (χ4v) is 2.36. The second-order valence-electron chi connectivity index (χ2n) is 5.56. The van der Waals surface area contributed by atoms with Crippen LogP contribution in [0, 0.1) is 6.92 Å². The molecule has 1 amide bonds. The largest absolute Gasteiger partial charge is 0.397 e. The van der Waals surface area contributed by atoms with Gasteiger partial charge in [0.05, 0.1) is 30.6 Å². The summed E-state index contributed by atoms with van der Waals surface area (Å²) in [6.45, 7) is 7.87. The molecule has 2 atom stereocenters. The number of hydrogen-bond donors (Lipinski definition) is 2. The highest BCUT2D eigenvalue weighted by Gasteiger charge is 2.25. The molecule has 1 aromatic carbocycles. The van der Waals surface area contributed by atoms with Gasteiger partial charge in [-0.15, -0.1) is 0 Å². The standard InChI is InChI=1S/C15H23N3O2/c1-10-4-5-14(13(16)6-10)17-15(19)8-18-7-12(3)20-9-11(18)2/h4-6,11-12H,7-9,16H2,1-3H3,(H,17,19). The molecule has 2 unspecified atom stereocenters. The lowest BCUT2D eigenvalue weighted by molar-refractivity contribution is -0.121. The minimum atomic E-state index is -0.0403. The van der Waals surface area contributed by atoms with E-state index in [1.54, 1.807) is 0 Å². The van der Waals surface area contributed by atoms with Crippen LogP contribution in [0.1, 0.15) is 19.4 Å². The predicted molar refractivity (Wildman–Crippen MR) is 80.7 cm³/mol. The molecular weight excluding hydrogens is 254 g/mol. The number of nitrogens with two attached hydrogens (primary N) is 1. The van der Waals surface area contributed by atoms with Crippen LogP contribution >= 0.6 is 0 Å². The van der Waals surface area contributed by atoms with Crippen molar-refractivity contribution in [1.29, 1.82) is 0 Å².